The minimum atomic E-state index is 0.0862. The highest BCUT2D eigenvalue weighted by molar-refractivity contribution is 7.20. The number of carbonyl (C=O) groups excluding carboxylic acids is 1. The minimum Gasteiger partial charge on any atom is -0.329 e. The number of benzene rings is 1. The van der Waals surface area contributed by atoms with E-state index in [1.807, 2.05) is 42.2 Å². The van der Waals surface area contributed by atoms with Crippen LogP contribution in [0.5, 0.6) is 0 Å². The van der Waals surface area contributed by atoms with Gasteiger partial charge in [-0.05, 0) is 24.4 Å². The Morgan fingerprint density at radius 3 is 2.95 bits per heavy atom. The Labute approximate surface area is 125 Å². The van der Waals surface area contributed by atoms with Gasteiger partial charge in [-0.25, -0.2) is 0 Å². The Bertz CT molecular complexity index is 802. The molecule has 3 aromatic rings. The molecule has 0 unspecified atom stereocenters. The van der Waals surface area contributed by atoms with Gasteiger partial charge in [0, 0.05) is 17.8 Å². The first kappa shape index (κ1) is 12.5. The van der Waals surface area contributed by atoms with Crippen LogP contribution in [0.25, 0.3) is 10.1 Å². The van der Waals surface area contributed by atoms with Crippen molar-refractivity contribution in [2.24, 2.45) is 0 Å². The van der Waals surface area contributed by atoms with Gasteiger partial charge in [0.25, 0.3) is 5.91 Å². The molecule has 1 amide bonds. The minimum absolute atomic E-state index is 0.0862. The number of carbonyl (C=O) groups is 1. The molecule has 0 saturated carbocycles. The number of hydrogen-bond acceptors (Lipinski definition) is 4. The molecule has 0 atom stereocenters. The molecule has 0 aliphatic carbocycles. The third-order valence-corrected chi connectivity index (χ3v) is 4.97. The SMILES string of the molecule is Cc1nnc2n1CCN(C(=O)c1cc3ccccc3s1)C2. The molecule has 6 heteroatoms. The molecular formula is C15H14N4OS. The number of nitrogens with zero attached hydrogens (tertiary/aromatic N) is 4. The van der Waals surface area contributed by atoms with Crippen molar-refractivity contribution >= 4 is 27.3 Å². The molecule has 0 N–H and O–H groups in total. The molecule has 21 heavy (non-hydrogen) atoms. The zero-order valence-corrected chi connectivity index (χ0v) is 12.4. The third kappa shape index (κ3) is 2.03. The van der Waals surface area contributed by atoms with E-state index in [4.69, 9.17) is 0 Å². The maximum Gasteiger partial charge on any atom is 0.264 e. The predicted molar refractivity (Wildman–Crippen MR) is 81.3 cm³/mol. The van der Waals surface area contributed by atoms with Crippen LogP contribution in [0, 0.1) is 6.92 Å². The molecule has 0 saturated heterocycles. The van der Waals surface area contributed by atoms with Crippen LogP contribution in [-0.2, 0) is 13.1 Å². The molecule has 1 aliphatic heterocycles. The zero-order valence-electron chi connectivity index (χ0n) is 11.6. The lowest BCUT2D eigenvalue weighted by molar-refractivity contribution is 0.0711. The van der Waals surface area contributed by atoms with Crippen molar-refractivity contribution in [3.8, 4) is 0 Å². The fourth-order valence-electron chi connectivity index (χ4n) is 2.72. The Morgan fingerprint density at radius 2 is 2.10 bits per heavy atom. The van der Waals surface area contributed by atoms with Crippen molar-refractivity contribution in [1.29, 1.82) is 0 Å². The van der Waals surface area contributed by atoms with E-state index >= 15 is 0 Å². The number of hydrogen-bond donors (Lipinski definition) is 0. The summed E-state index contributed by atoms with van der Waals surface area (Å²) in [6.45, 7) is 3.96. The number of rotatable bonds is 1. The number of amides is 1. The van der Waals surface area contributed by atoms with Gasteiger partial charge >= 0.3 is 0 Å². The van der Waals surface area contributed by atoms with Crippen LogP contribution in [0.15, 0.2) is 30.3 Å². The summed E-state index contributed by atoms with van der Waals surface area (Å²) >= 11 is 1.55. The first-order valence-corrected chi connectivity index (χ1v) is 7.70. The van der Waals surface area contributed by atoms with E-state index in [1.165, 1.54) is 0 Å². The Balaban J connectivity index is 1.63. The highest BCUT2D eigenvalue weighted by Gasteiger charge is 2.25. The average molecular weight is 298 g/mol. The third-order valence-electron chi connectivity index (χ3n) is 3.86. The average Bonchev–Trinajstić information content (AvgIpc) is 3.10. The molecule has 0 fully saturated rings. The van der Waals surface area contributed by atoms with Crippen LogP contribution < -0.4 is 0 Å². The molecule has 1 aromatic carbocycles. The van der Waals surface area contributed by atoms with Crippen LogP contribution in [-0.4, -0.2) is 32.1 Å². The van der Waals surface area contributed by atoms with Crippen LogP contribution in [0.4, 0.5) is 0 Å². The van der Waals surface area contributed by atoms with E-state index in [-0.39, 0.29) is 5.91 Å². The van der Waals surface area contributed by atoms with Gasteiger partial charge in [-0.2, -0.15) is 0 Å². The van der Waals surface area contributed by atoms with E-state index in [0.717, 1.165) is 33.2 Å². The molecule has 106 valence electrons. The standard InChI is InChI=1S/C15H14N4OS/c1-10-16-17-14-9-18(6-7-19(10)14)15(20)13-8-11-4-2-3-5-12(11)21-13/h2-5,8H,6-7,9H2,1H3. The summed E-state index contributed by atoms with van der Waals surface area (Å²) in [5, 5.41) is 9.35. The molecule has 2 aromatic heterocycles. The summed E-state index contributed by atoms with van der Waals surface area (Å²) in [7, 11) is 0. The Hall–Kier alpha value is -2.21. The van der Waals surface area contributed by atoms with Crippen molar-refractivity contribution in [3.63, 3.8) is 0 Å². The molecule has 0 spiro atoms. The van der Waals surface area contributed by atoms with Crippen LogP contribution in [0.3, 0.4) is 0 Å². The first-order valence-electron chi connectivity index (χ1n) is 6.89. The fraction of sp³-hybridized carbons (Fsp3) is 0.267. The molecule has 3 heterocycles. The Kier molecular flexibility index (Phi) is 2.78. The summed E-state index contributed by atoms with van der Waals surface area (Å²) in [5.74, 6) is 1.87. The van der Waals surface area contributed by atoms with Gasteiger partial charge in [-0.15, -0.1) is 21.5 Å². The number of aryl methyl sites for hydroxylation is 1. The van der Waals surface area contributed by atoms with Gasteiger partial charge in [-0.1, -0.05) is 18.2 Å². The lowest BCUT2D eigenvalue weighted by atomic mass is 10.2. The fourth-order valence-corrected chi connectivity index (χ4v) is 3.75. The van der Waals surface area contributed by atoms with Gasteiger partial charge in [0.05, 0.1) is 11.4 Å². The van der Waals surface area contributed by atoms with E-state index in [2.05, 4.69) is 14.8 Å². The highest BCUT2D eigenvalue weighted by atomic mass is 32.1. The van der Waals surface area contributed by atoms with Crippen molar-refractivity contribution in [2.45, 2.75) is 20.0 Å². The number of thiophene rings is 1. The first-order chi connectivity index (χ1) is 10.2. The number of aromatic nitrogens is 3. The van der Waals surface area contributed by atoms with Crippen molar-refractivity contribution in [3.05, 3.63) is 46.9 Å². The van der Waals surface area contributed by atoms with Crippen LogP contribution in [0.1, 0.15) is 21.3 Å². The van der Waals surface area contributed by atoms with Crippen molar-refractivity contribution in [1.82, 2.24) is 19.7 Å². The van der Waals surface area contributed by atoms with E-state index in [1.54, 1.807) is 11.3 Å². The maximum absolute atomic E-state index is 12.7. The van der Waals surface area contributed by atoms with E-state index in [0.29, 0.717) is 13.1 Å². The van der Waals surface area contributed by atoms with Gasteiger partial charge < -0.3 is 9.47 Å². The molecular weight excluding hydrogens is 284 g/mol. The summed E-state index contributed by atoms with van der Waals surface area (Å²) < 4.78 is 3.23. The van der Waals surface area contributed by atoms with Crippen molar-refractivity contribution < 1.29 is 4.79 Å². The smallest absolute Gasteiger partial charge is 0.264 e. The van der Waals surface area contributed by atoms with Gasteiger partial charge in [0.2, 0.25) is 0 Å². The lowest BCUT2D eigenvalue weighted by Gasteiger charge is -2.27. The maximum atomic E-state index is 12.7. The monoisotopic (exact) mass is 298 g/mol. The highest BCUT2D eigenvalue weighted by Crippen LogP contribution is 2.27. The van der Waals surface area contributed by atoms with E-state index < -0.39 is 0 Å². The quantitative estimate of drug-likeness (QED) is 0.693. The predicted octanol–water partition coefficient (Wildman–Crippen LogP) is 2.46. The molecule has 0 bridgehead atoms. The van der Waals surface area contributed by atoms with E-state index in [9.17, 15) is 4.79 Å². The second kappa shape index (κ2) is 4.66. The largest absolute Gasteiger partial charge is 0.329 e. The van der Waals surface area contributed by atoms with Gasteiger partial charge in [0.1, 0.15) is 5.82 Å². The van der Waals surface area contributed by atoms with Gasteiger partial charge in [-0.3, -0.25) is 4.79 Å². The zero-order chi connectivity index (χ0) is 14.4. The molecule has 1 aliphatic rings. The summed E-state index contributed by atoms with van der Waals surface area (Å²) in [5.41, 5.74) is 0. The molecule has 4 rings (SSSR count). The van der Waals surface area contributed by atoms with Crippen molar-refractivity contribution in [2.75, 3.05) is 6.54 Å². The van der Waals surface area contributed by atoms with Crippen LogP contribution >= 0.6 is 11.3 Å². The second-order valence-corrected chi connectivity index (χ2v) is 6.27. The molecule has 0 radical (unpaired) electrons. The summed E-state index contributed by atoms with van der Waals surface area (Å²) in [6, 6.07) is 10.1. The Morgan fingerprint density at radius 1 is 1.24 bits per heavy atom. The number of fused-ring (bicyclic) bond motifs is 2. The lowest BCUT2D eigenvalue weighted by Crippen LogP contribution is -2.38. The summed E-state index contributed by atoms with van der Waals surface area (Å²) in [4.78, 5) is 15.3. The van der Waals surface area contributed by atoms with Gasteiger partial charge in [0.15, 0.2) is 5.82 Å². The molecule has 5 nitrogen and oxygen atoms in total. The normalized spacial score (nSPS) is 14.4. The van der Waals surface area contributed by atoms with Crippen LogP contribution in [0.2, 0.25) is 0 Å². The summed E-state index contributed by atoms with van der Waals surface area (Å²) in [6.07, 6.45) is 0. The second-order valence-electron chi connectivity index (χ2n) is 5.19. The topological polar surface area (TPSA) is 51.0 Å².